The average Bonchev–Trinajstić information content (AvgIpc) is 2.45. The van der Waals surface area contributed by atoms with Crippen LogP contribution >= 0.6 is 0 Å². The van der Waals surface area contributed by atoms with Crippen molar-refractivity contribution in [2.75, 3.05) is 0 Å². The van der Waals surface area contributed by atoms with Crippen LogP contribution in [0.3, 0.4) is 0 Å². The Balaban J connectivity index is 1.96. The van der Waals surface area contributed by atoms with E-state index in [-0.39, 0.29) is 0 Å². The molecule has 0 saturated heterocycles. The molecule has 0 aromatic carbocycles. The zero-order valence-electron chi connectivity index (χ0n) is 12.5. The van der Waals surface area contributed by atoms with Gasteiger partial charge in [0.25, 0.3) is 0 Å². The van der Waals surface area contributed by atoms with Crippen molar-refractivity contribution in [2.24, 2.45) is 0 Å². The Morgan fingerprint density at radius 1 is 0.579 bits per heavy atom. The van der Waals surface area contributed by atoms with Crippen LogP contribution in [0, 0.1) is 0 Å². The topological polar surface area (TPSA) is 0 Å². The van der Waals surface area contributed by atoms with Crippen molar-refractivity contribution in [3.63, 3.8) is 0 Å². The van der Waals surface area contributed by atoms with E-state index < -0.39 is 0 Å². The summed E-state index contributed by atoms with van der Waals surface area (Å²) in [5.74, 6) is 0. The average molecular weight is 258 g/mol. The lowest BCUT2D eigenvalue weighted by molar-refractivity contribution is 0.569. The third-order valence-corrected chi connectivity index (χ3v) is 4.52. The number of hydrogen-bond donors (Lipinski definition) is 0. The summed E-state index contributed by atoms with van der Waals surface area (Å²) in [4.78, 5) is 0. The van der Waals surface area contributed by atoms with Crippen molar-refractivity contribution in [3.8, 4) is 0 Å². The minimum atomic E-state index is 1.26. The fourth-order valence-electron chi connectivity index (χ4n) is 3.31. The molecular formula is C19H30. The zero-order valence-corrected chi connectivity index (χ0v) is 12.5. The number of allylic oxidation sites excluding steroid dienone is 6. The zero-order chi connectivity index (χ0) is 13.2. The van der Waals surface area contributed by atoms with Gasteiger partial charge < -0.3 is 0 Å². The molecule has 0 aromatic rings. The van der Waals surface area contributed by atoms with E-state index in [0.29, 0.717) is 0 Å². The normalized spacial score (nSPS) is 23.6. The Kier molecular flexibility index (Phi) is 7.06. The highest BCUT2D eigenvalue weighted by molar-refractivity contribution is 5.29. The molecule has 0 bridgehead atoms. The highest BCUT2D eigenvalue weighted by atomic mass is 14.2. The van der Waals surface area contributed by atoms with Crippen LogP contribution < -0.4 is 0 Å². The summed E-state index contributed by atoms with van der Waals surface area (Å²) in [6.45, 7) is 0. The summed E-state index contributed by atoms with van der Waals surface area (Å²) in [5, 5.41) is 0. The third kappa shape index (κ3) is 5.80. The molecule has 0 aliphatic heterocycles. The van der Waals surface area contributed by atoms with E-state index in [9.17, 15) is 0 Å². The summed E-state index contributed by atoms with van der Waals surface area (Å²) in [6.07, 6.45) is 27.4. The summed E-state index contributed by atoms with van der Waals surface area (Å²) >= 11 is 0. The van der Waals surface area contributed by atoms with Crippen molar-refractivity contribution < 1.29 is 0 Å². The van der Waals surface area contributed by atoms with Crippen molar-refractivity contribution in [3.05, 3.63) is 35.5 Å². The molecule has 0 fully saturated rings. The Labute approximate surface area is 119 Å². The maximum atomic E-state index is 2.39. The van der Waals surface area contributed by atoms with Gasteiger partial charge in [-0.1, -0.05) is 62.0 Å². The van der Waals surface area contributed by atoms with Gasteiger partial charge in [-0.3, -0.25) is 0 Å². The van der Waals surface area contributed by atoms with Gasteiger partial charge in [-0.15, -0.1) is 0 Å². The monoisotopic (exact) mass is 258 g/mol. The van der Waals surface area contributed by atoms with Crippen LogP contribution in [0.2, 0.25) is 0 Å². The predicted molar refractivity (Wildman–Crippen MR) is 85.3 cm³/mol. The molecule has 0 radical (unpaired) electrons. The van der Waals surface area contributed by atoms with Crippen molar-refractivity contribution in [1.82, 2.24) is 0 Å². The van der Waals surface area contributed by atoms with Gasteiger partial charge in [0.1, 0.15) is 0 Å². The van der Waals surface area contributed by atoms with Crippen molar-refractivity contribution in [1.29, 1.82) is 0 Å². The van der Waals surface area contributed by atoms with E-state index in [2.05, 4.69) is 24.3 Å². The smallest absolute Gasteiger partial charge is 0.0279 e. The van der Waals surface area contributed by atoms with Gasteiger partial charge in [0.2, 0.25) is 0 Å². The minimum Gasteiger partial charge on any atom is -0.0845 e. The van der Waals surface area contributed by atoms with E-state index >= 15 is 0 Å². The van der Waals surface area contributed by atoms with Gasteiger partial charge in [-0.25, -0.2) is 0 Å². The van der Waals surface area contributed by atoms with Gasteiger partial charge >= 0.3 is 0 Å². The molecule has 0 nitrogen and oxygen atoms in total. The summed E-state index contributed by atoms with van der Waals surface area (Å²) in [7, 11) is 0. The Hall–Kier alpha value is -0.780. The largest absolute Gasteiger partial charge is 0.0845 e. The van der Waals surface area contributed by atoms with E-state index in [4.69, 9.17) is 0 Å². The molecule has 0 heterocycles. The lowest BCUT2D eigenvalue weighted by atomic mass is 9.88. The fourth-order valence-corrected chi connectivity index (χ4v) is 3.31. The first-order valence-electron chi connectivity index (χ1n) is 8.51. The molecule has 19 heavy (non-hydrogen) atoms. The molecule has 0 spiro atoms. The Morgan fingerprint density at radius 3 is 2.05 bits per heavy atom. The quantitative estimate of drug-likeness (QED) is 0.465. The molecular weight excluding hydrogens is 228 g/mol. The summed E-state index contributed by atoms with van der Waals surface area (Å²) in [5.41, 5.74) is 3.43. The standard InChI is InChI=1S/C19H30/c1-2-4-6-8-10-14-18-16-12-13-17-19(18)15-11-9-7-5-3-1/h6,8,10,14H,1-5,7,9,11-13,15-17H2. The Morgan fingerprint density at radius 2 is 1.21 bits per heavy atom. The number of hydrogen-bond acceptors (Lipinski definition) is 0. The molecule has 0 atom stereocenters. The molecule has 2 aliphatic rings. The molecule has 0 heteroatoms. The SMILES string of the molecule is C1=CCCCCCCCCCC2=C(C=C1)CCCC2. The maximum absolute atomic E-state index is 2.39. The summed E-state index contributed by atoms with van der Waals surface area (Å²) in [6, 6.07) is 0. The Bertz CT molecular complexity index is 330. The van der Waals surface area contributed by atoms with Crippen LogP contribution in [0.25, 0.3) is 0 Å². The first kappa shape index (κ1) is 14.6. The second kappa shape index (κ2) is 9.18. The van der Waals surface area contributed by atoms with Gasteiger partial charge in [0.05, 0.1) is 0 Å². The number of rotatable bonds is 0. The van der Waals surface area contributed by atoms with E-state index in [1.807, 2.05) is 0 Å². The third-order valence-electron chi connectivity index (χ3n) is 4.52. The second-order valence-electron chi connectivity index (χ2n) is 6.14. The van der Waals surface area contributed by atoms with Crippen LogP contribution in [-0.2, 0) is 0 Å². The molecule has 0 N–H and O–H groups in total. The molecule has 106 valence electrons. The molecule has 0 amide bonds. The fraction of sp³-hybridized carbons (Fsp3) is 0.684. The van der Waals surface area contributed by atoms with Crippen molar-refractivity contribution >= 4 is 0 Å². The van der Waals surface area contributed by atoms with Crippen LogP contribution in [0.5, 0.6) is 0 Å². The molecule has 2 aliphatic carbocycles. The first-order valence-corrected chi connectivity index (χ1v) is 8.51. The highest BCUT2D eigenvalue weighted by Crippen LogP contribution is 2.29. The van der Waals surface area contributed by atoms with Gasteiger partial charge in [0.15, 0.2) is 0 Å². The second-order valence-corrected chi connectivity index (χ2v) is 6.14. The lowest BCUT2D eigenvalue weighted by Crippen LogP contribution is -1.98. The minimum absolute atomic E-state index is 1.26. The van der Waals surface area contributed by atoms with Crippen LogP contribution in [0.15, 0.2) is 35.5 Å². The van der Waals surface area contributed by atoms with Crippen molar-refractivity contribution in [2.45, 2.75) is 83.5 Å². The van der Waals surface area contributed by atoms with Gasteiger partial charge in [0, 0.05) is 0 Å². The van der Waals surface area contributed by atoms with Crippen LogP contribution in [0.1, 0.15) is 83.5 Å². The van der Waals surface area contributed by atoms with Gasteiger partial charge in [-0.05, 0) is 56.9 Å². The molecule has 2 rings (SSSR count). The van der Waals surface area contributed by atoms with Gasteiger partial charge in [-0.2, -0.15) is 0 Å². The predicted octanol–water partition coefficient (Wildman–Crippen LogP) is 6.49. The lowest BCUT2D eigenvalue weighted by Gasteiger charge is -2.18. The van der Waals surface area contributed by atoms with Crippen LogP contribution in [-0.4, -0.2) is 0 Å². The highest BCUT2D eigenvalue weighted by Gasteiger charge is 2.10. The van der Waals surface area contributed by atoms with E-state index in [0.717, 1.165) is 0 Å². The summed E-state index contributed by atoms with van der Waals surface area (Å²) < 4.78 is 0. The van der Waals surface area contributed by atoms with E-state index in [1.54, 1.807) is 11.1 Å². The molecule has 0 unspecified atom stereocenters. The molecule has 0 saturated carbocycles. The molecule has 0 aromatic heterocycles. The first-order chi connectivity index (χ1) is 9.47. The maximum Gasteiger partial charge on any atom is -0.0279 e. The van der Waals surface area contributed by atoms with Crippen LogP contribution in [0.4, 0.5) is 0 Å². The van der Waals surface area contributed by atoms with E-state index in [1.165, 1.54) is 83.5 Å².